The van der Waals surface area contributed by atoms with Crippen LogP contribution in [0.25, 0.3) is 0 Å². The van der Waals surface area contributed by atoms with Crippen molar-refractivity contribution in [1.29, 1.82) is 0 Å². The molecule has 0 amide bonds. The molecule has 3 nitrogen and oxygen atoms in total. The zero-order valence-electron chi connectivity index (χ0n) is 12.2. The van der Waals surface area contributed by atoms with E-state index in [1.54, 1.807) is 11.3 Å². The molecule has 20 heavy (non-hydrogen) atoms. The first-order valence-corrected chi connectivity index (χ1v) is 9.15. The van der Waals surface area contributed by atoms with Gasteiger partial charge in [-0.25, -0.2) is 0 Å². The normalized spacial score (nSPS) is 20.6. The number of ether oxygens (including phenoxy) is 1. The molecule has 114 valence electrons. The summed E-state index contributed by atoms with van der Waals surface area (Å²) in [7, 11) is 0. The van der Waals surface area contributed by atoms with Crippen molar-refractivity contribution in [3.05, 3.63) is 20.8 Å². The van der Waals surface area contributed by atoms with E-state index in [4.69, 9.17) is 10.6 Å². The van der Waals surface area contributed by atoms with Crippen molar-refractivity contribution in [3.8, 4) is 0 Å². The Morgan fingerprint density at radius 2 is 2.05 bits per heavy atom. The number of hydrazine groups is 1. The third-order valence-electron chi connectivity index (χ3n) is 4.25. The quantitative estimate of drug-likeness (QED) is 0.457. The monoisotopic (exact) mass is 360 g/mol. The average molecular weight is 361 g/mol. The van der Waals surface area contributed by atoms with Crippen molar-refractivity contribution in [1.82, 2.24) is 5.43 Å². The summed E-state index contributed by atoms with van der Waals surface area (Å²) in [5.74, 6) is 5.89. The van der Waals surface area contributed by atoms with Crippen LogP contribution in [0.4, 0.5) is 0 Å². The highest BCUT2D eigenvalue weighted by Gasteiger charge is 2.39. The second kappa shape index (κ2) is 7.90. The third-order valence-corrected chi connectivity index (χ3v) is 5.90. The number of hydrogen-bond acceptors (Lipinski definition) is 4. The molecule has 0 radical (unpaired) electrons. The van der Waals surface area contributed by atoms with Crippen LogP contribution in [0.5, 0.6) is 0 Å². The average Bonchev–Trinajstić information content (AvgIpc) is 2.71. The van der Waals surface area contributed by atoms with Crippen molar-refractivity contribution in [3.63, 3.8) is 0 Å². The third kappa shape index (κ3) is 4.04. The van der Waals surface area contributed by atoms with E-state index in [9.17, 15) is 0 Å². The Kier molecular flexibility index (Phi) is 6.49. The summed E-state index contributed by atoms with van der Waals surface area (Å²) >= 11 is 5.32. The van der Waals surface area contributed by atoms with Crippen LogP contribution in [0.3, 0.4) is 0 Å². The standard InChI is InChI=1S/C15H25BrN2OS/c1-2-19-15(9-5-3-4-6-10-15)13(18-17)11-12-7-8-14(16)20-12/h7-8,13,18H,2-6,9-11,17H2,1H3. The summed E-state index contributed by atoms with van der Waals surface area (Å²) in [5.41, 5.74) is 2.95. The first-order chi connectivity index (χ1) is 9.70. The van der Waals surface area contributed by atoms with Gasteiger partial charge >= 0.3 is 0 Å². The second-order valence-electron chi connectivity index (χ2n) is 5.54. The molecular weight excluding hydrogens is 336 g/mol. The molecule has 0 saturated heterocycles. The fraction of sp³-hybridized carbons (Fsp3) is 0.733. The van der Waals surface area contributed by atoms with E-state index in [0.29, 0.717) is 0 Å². The maximum absolute atomic E-state index is 6.23. The lowest BCUT2D eigenvalue weighted by molar-refractivity contribution is -0.0766. The van der Waals surface area contributed by atoms with Gasteiger partial charge in [0.05, 0.1) is 15.4 Å². The Balaban J connectivity index is 2.15. The van der Waals surface area contributed by atoms with Gasteiger partial charge in [0.25, 0.3) is 0 Å². The summed E-state index contributed by atoms with van der Waals surface area (Å²) in [6.45, 7) is 2.84. The molecule has 1 unspecified atom stereocenters. The van der Waals surface area contributed by atoms with Crippen LogP contribution in [0, 0.1) is 0 Å². The summed E-state index contributed by atoms with van der Waals surface area (Å²) in [5, 5.41) is 0. The van der Waals surface area contributed by atoms with E-state index >= 15 is 0 Å². The lowest BCUT2D eigenvalue weighted by Gasteiger charge is -2.39. The lowest BCUT2D eigenvalue weighted by Crippen LogP contribution is -2.55. The number of nitrogens with one attached hydrogen (secondary N) is 1. The van der Waals surface area contributed by atoms with Gasteiger partial charge in [-0.1, -0.05) is 25.7 Å². The molecule has 1 aliphatic rings. The number of nitrogens with two attached hydrogens (primary N) is 1. The van der Waals surface area contributed by atoms with E-state index in [0.717, 1.165) is 25.9 Å². The maximum Gasteiger partial charge on any atom is 0.0851 e. The van der Waals surface area contributed by atoms with Gasteiger partial charge in [-0.05, 0) is 47.8 Å². The topological polar surface area (TPSA) is 47.3 Å². The minimum absolute atomic E-state index is 0.101. The van der Waals surface area contributed by atoms with Gasteiger partial charge < -0.3 is 4.74 Å². The highest BCUT2D eigenvalue weighted by atomic mass is 79.9. The van der Waals surface area contributed by atoms with Crippen molar-refractivity contribution in [2.24, 2.45) is 5.84 Å². The molecule has 1 fully saturated rings. The highest BCUT2D eigenvalue weighted by molar-refractivity contribution is 9.11. The van der Waals surface area contributed by atoms with Crippen LogP contribution in [0.1, 0.15) is 50.3 Å². The van der Waals surface area contributed by atoms with E-state index < -0.39 is 0 Å². The minimum Gasteiger partial charge on any atom is -0.374 e. The summed E-state index contributed by atoms with van der Waals surface area (Å²) in [6.07, 6.45) is 8.28. The molecule has 1 aromatic heterocycles. The van der Waals surface area contributed by atoms with Gasteiger partial charge in [0.15, 0.2) is 0 Å². The van der Waals surface area contributed by atoms with Gasteiger partial charge in [-0.15, -0.1) is 11.3 Å². The van der Waals surface area contributed by atoms with Gasteiger partial charge in [0, 0.05) is 17.9 Å². The van der Waals surface area contributed by atoms with Crippen molar-refractivity contribution >= 4 is 27.3 Å². The summed E-state index contributed by atoms with van der Waals surface area (Å²) in [6, 6.07) is 4.47. The largest absolute Gasteiger partial charge is 0.374 e. The number of rotatable bonds is 6. The predicted octanol–water partition coefficient (Wildman–Crippen LogP) is 4.01. The predicted molar refractivity (Wildman–Crippen MR) is 88.9 cm³/mol. The molecule has 0 bridgehead atoms. The molecule has 1 heterocycles. The van der Waals surface area contributed by atoms with E-state index in [-0.39, 0.29) is 11.6 Å². The zero-order valence-corrected chi connectivity index (χ0v) is 14.6. The molecule has 1 aromatic rings. The first-order valence-electron chi connectivity index (χ1n) is 7.54. The lowest BCUT2D eigenvalue weighted by atomic mass is 9.84. The molecule has 3 N–H and O–H groups in total. The van der Waals surface area contributed by atoms with Crippen LogP contribution in [0.2, 0.25) is 0 Å². The van der Waals surface area contributed by atoms with Gasteiger partial charge in [-0.3, -0.25) is 11.3 Å². The highest BCUT2D eigenvalue weighted by Crippen LogP contribution is 2.35. The molecule has 2 rings (SSSR count). The number of hydrogen-bond donors (Lipinski definition) is 2. The molecule has 0 aliphatic heterocycles. The van der Waals surface area contributed by atoms with Crippen LogP contribution in [0.15, 0.2) is 15.9 Å². The number of halogens is 1. The second-order valence-corrected chi connectivity index (χ2v) is 8.09. The molecule has 0 spiro atoms. The molecule has 1 atom stereocenters. The number of thiophene rings is 1. The van der Waals surface area contributed by atoms with Crippen molar-refractivity contribution in [2.75, 3.05) is 6.61 Å². The molecule has 1 aliphatic carbocycles. The summed E-state index contributed by atoms with van der Waals surface area (Å²) in [4.78, 5) is 1.35. The first kappa shape index (κ1) is 16.4. The zero-order chi connectivity index (χ0) is 14.4. The van der Waals surface area contributed by atoms with Gasteiger partial charge in [0.2, 0.25) is 0 Å². The van der Waals surface area contributed by atoms with Crippen LogP contribution in [-0.4, -0.2) is 18.2 Å². The van der Waals surface area contributed by atoms with E-state index in [2.05, 4.69) is 40.4 Å². The van der Waals surface area contributed by atoms with Crippen molar-refractivity contribution in [2.45, 2.75) is 63.5 Å². The van der Waals surface area contributed by atoms with Crippen LogP contribution in [-0.2, 0) is 11.2 Å². The maximum atomic E-state index is 6.23. The SMILES string of the molecule is CCOC1(C(Cc2ccc(Br)s2)NN)CCCCCC1. The molecule has 1 saturated carbocycles. The molecule has 0 aromatic carbocycles. The van der Waals surface area contributed by atoms with E-state index in [1.807, 2.05) is 0 Å². The Hall–Kier alpha value is 0.0600. The fourth-order valence-electron chi connectivity index (χ4n) is 3.27. The molecule has 5 heteroatoms. The molecular formula is C15H25BrN2OS. The Labute approximate surface area is 134 Å². The smallest absolute Gasteiger partial charge is 0.0851 e. The van der Waals surface area contributed by atoms with E-state index in [1.165, 1.54) is 34.3 Å². The Morgan fingerprint density at radius 3 is 2.55 bits per heavy atom. The van der Waals surface area contributed by atoms with Gasteiger partial charge in [-0.2, -0.15) is 0 Å². The Morgan fingerprint density at radius 1 is 1.35 bits per heavy atom. The summed E-state index contributed by atoms with van der Waals surface area (Å²) < 4.78 is 7.41. The fourth-order valence-corrected chi connectivity index (χ4v) is 4.80. The Bertz CT molecular complexity index is 402. The van der Waals surface area contributed by atoms with Crippen LogP contribution < -0.4 is 11.3 Å². The van der Waals surface area contributed by atoms with Gasteiger partial charge in [0.1, 0.15) is 0 Å². The minimum atomic E-state index is -0.101. The van der Waals surface area contributed by atoms with Crippen LogP contribution >= 0.6 is 27.3 Å². The van der Waals surface area contributed by atoms with Crippen molar-refractivity contribution < 1.29 is 4.74 Å².